The Morgan fingerprint density at radius 3 is 2.33 bits per heavy atom. The molecule has 8 nitrogen and oxygen atoms in total. The topological polar surface area (TPSA) is 106 Å². The molecule has 2 aromatic heterocycles. The molecule has 3 heterocycles. The van der Waals surface area contributed by atoms with Crippen LogP contribution < -0.4 is 5.32 Å². The van der Waals surface area contributed by atoms with Crippen LogP contribution in [0.25, 0.3) is 22.2 Å². The van der Waals surface area contributed by atoms with Crippen molar-refractivity contribution >= 4 is 28.7 Å². The number of amides is 1. The van der Waals surface area contributed by atoms with Gasteiger partial charge < -0.3 is 19.9 Å². The quantitative estimate of drug-likeness (QED) is 0.143. The highest BCUT2D eigenvalue weighted by molar-refractivity contribution is 7.99. The Kier molecular flexibility index (Phi) is 10.0. The SMILES string of the molecule is C[C@@H]1[C@H](CSc2ccccn2)O[C@H](c2ccc(-c3ccccc3CNC(=O)c3cnc4ccccc4n3)cc2)O[C@@H]1c1ccc(CO)cc1. The fourth-order valence-electron chi connectivity index (χ4n) is 6.02. The fourth-order valence-corrected chi connectivity index (χ4v) is 7.05. The highest BCUT2D eigenvalue weighted by Gasteiger charge is 2.38. The molecule has 0 spiro atoms. The van der Waals surface area contributed by atoms with E-state index in [2.05, 4.69) is 45.4 Å². The van der Waals surface area contributed by atoms with Gasteiger partial charge in [0.25, 0.3) is 5.91 Å². The van der Waals surface area contributed by atoms with Gasteiger partial charge in [0.2, 0.25) is 0 Å². The summed E-state index contributed by atoms with van der Waals surface area (Å²) in [6.07, 6.45) is 2.45. The summed E-state index contributed by atoms with van der Waals surface area (Å²) in [6, 6.07) is 37.6. The van der Waals surface area contributed by atoms with Crippen LogP contribution in [0.4, 0.5) is 0 Å². The van der Waals surface area contributed by atoms with Crippen molar-refractivity contribution in [2.75, 3.05) is 5.75 Å². The molecule has 1 amide bonds. The van der Waals surface area contributed by atoms with Crippen LogP contribution in [0, 0.1) is 5.92 Å². The Hall–Kier alpha value is -4.93. The van der Waals surface area contributed by atoms with E-state index in [9.17, 15) is 9.90 Å². The first-order chi connectivity index (χ1) is 24.1. The first kappa shape index (κ1) is 32.6. The van der Waals surface area contributed by atoms with Gasteiger partial charge in [-0.2, -0.15) is 0 Å². The summed E-state index contributed by atoms with van der Waals surface area (Å²) >= 11 is 1.68. The van der Waals surface area contributed by atoms with Crippen molar-refractivity contribution in [3.63, 3.8) is 0 Å². The number of para-hydroxylation sites is 2. The standard InChI is InChI=1S/C40H36N4O4S/c1-26-36(25-49-37-12-6-7-21-41-37)47-40(48-38(26)29-15-13-27(24-45)14-16-29)30-19-17-28(18-20-30)32-9-3-2-8-31(32)22-43-39(46)35-23-42-33-10-4-5-11-34(33)44-35/h2-21,23,26,36,38,40,45H,22,24-25H2,1H3,(H,43,46)/t26-,36+,38+,40+/m1/s1. The van der Waals surface area contributed by atoms with Crippen molar-refractivity contribution < 1.29 is 19.4 Å². The molecule has 0 unspecified atom stereocenters. The number of benzene rings is 4. The zero-order valence-electron chi connectivity index (χ0n) is 27.0. The smallest absolute Gasteiger partial charge is 0.271 e. The number of nitrogens with one attached hydrogen (secondary N) is 1. The van der Waals surface area contributed by atoms with Crippen molar-refractivity contribution in [2.24, 2.45) is 5.92 Å². The van der Waals surface area contributed by atoms with Gasteiger partial charge in [0.05, 0.1) is 41.1 Å². The maximum absolute atomic E-state index is 13.0. The van der Waals surface area contributed by atoms with E-state index in [4.69, 9.17) is 9.47 Å². The summed E-state index contributed by atoms with van der Waals surface area (Å²) in [4.78, 5) is 26.3. The summed E-state index contributed by atoms with van der Waals surface area (Å²) in [5.74, 6) is 0.528. The van der Waals surface area contributed by atoms with Gasteiger partial charge in [0.15, 0.2) is 6.29 Å². The summed E-state index contributed by atoms with van der Waals surface area (Å²) in [7, 11) is 0. The molecule has 9 heteroatoms. The molecule has 0 aliphatic carbocycles. The van der Waals surface area contributed by atoms with E-state index in [1.165, 1.54) is 6.20 Å². The molecular formula is C40H36N4O4S. The van der Waals surface area contributed by atoms with Crippen LogP contribution >= 0.6 is 11.8 Å². The van der Waals surface area contributed by atoms with Gasteiger partial charge in [0.1, 0.15) is 5.69 Å². The lowest BCUT2D eigenvalue weighted by atomic mass is 9.91. The van der Waals surface area contributed by atoms with Crippen LogP contribution in [0.2, 0.25) is 0 Å². The predicted octanol–water partition coefficient (Wildman–Crippen LogP) is 7.70. The molecule has 6 aromatic rings. The van der Waals surface area contributed by atoms with Crippen LogP contribution in [-0.4, -0.2) is 37.8 Å². The molecule has 1 aliphatic heterocycles. The number of carbonyl (C=O) groups is 1. The Balaban J connectivity index is 1.08. The Morgan fingerprint density at radius 1 is 0.816 bits per heavy atom. The first-order valence-corrected chi connectivity index (χ1v) is 17.3. The lowest BCUT2D eigenvalue weighted by Gasteiger charge is -2.41. The lowest BCUT2D eigenvalue weighted by molar-refractivity contribution is -0.268. The Morgan fingerprint density at radius 2 is 1.55 bits per heavy atom. The molecule has 4 atom stereocenters. The molecule has 1 aliphatic rings. The second kappa shape index (κ2) is 15.1. The molecule has 0 radical (unpaired) electrons. The average molecular weight is 669 g/mol. The van der Waals surface area contributed by atoms with Crippen LogP contribution in [0.3, 0.4) is 0 Å². The number of nitrogens with zero attached hydrogens (tertiary/aromatic N) is 3. The average Bonchev–Trinajstić information content (AvgIpc) is 3.17. The molecule has 0 saturated carbocycles. The van der Waals surface area contributed by atoms with Gasteiger partial charge >= 0.3 is 0 Å². The second-order valence-electron chi connectivity index (χ2n) is 12.0. The summed E-state index contributed by atoms with van der Waals surface area (Å²) in [6.45, 7) is 2.50. The Bertz CT molecular complexity index is 2030. The number of fused-ring (bicyclic) bond motifs is 1. The maximum atomic E-state index is 13.0. The number of pyridine rings is 1. The molecule has 7 rings (SSSR count). The molecule has 246 valence electrons. The van der Waals surface area contributed by atoms with Gasteiger partial charge in [0, 0.05) is 30.0 Å². The minimum absolute atomic E-state index is 0.00256. The van der Waals surface area contributed by atoms with E-state index in [0.29, 0.717) is 12.1 Å². The van der Waals surface area contributed by atoms with Crippen molar-refractivity contribution in [1.82, 2.24) is 20.3 Å². The molecule has 4 aromatic carbocycles. The summed E-state index contributed by atoms with van der Waals surface area (Å²) in [5.41, 5.74) is 7.55. The number of aliphatic hydroxyl groups excluding tert-OH is 1. The molecule has 2 N–H and O–H groups in total. The van der Waals surface area contributed by atoms with Crippen molar-refractivity contribution in [1.29, 1.82) is 0 Å². The third-order valence-electron chi connectivity index (χ3n) is 8.79. The van der Waals surface area contributed by atoms with Crippen molar-refractivity contribution in [3.05, 3.63) is 156 Å². The number of hydrogen-bond donors (Lipinski definition) is 2. The van der Waals surface area contributed by atoms with E-state index in [1.54, 1.807) is 18.0 Å². The van der Waals surface area contributed by atoms with Gasteiger partial charge in [-0.3, -0.25) is 9.78 Å². The molecule has 1 fully saturated rings. The van der Waals surface area contributed by atoms with Gasteiger partial charge in [-0.15, -0.1) is 11.8 Å². The third kappa shape index (κ3) is 7.55. The number of carbonyl (C=O) groups excluding carboxylic acids is 1. The molecule has 49 heavy (non-hydrogen) atoms. The number of aromatic nitrogens is 3. The number of ether oxygens (including phenoxy) is 2. The number of rotatable bonds is 10. The normalized spacial score (nSPS) is 19.1. The van der Waals surface area contributed by atoms with E-state index in [-0.39, 0.29) is 36.3 Å². The zero-order chi connectivity index (χ0) is 33.6. The number of hydrogen-bond acceptors (Lipinski definition) is 8. The van der Waals surface area contributed by atoms with Crippen LogP contribution in [0.1, 0.15) is 52.1 Å². The van der Waals surface area contributed by atoms with E-state index < -0.39 is 6.29 Å². The van der Waals surface area contributed by atoms with Gasteiger partial charge in [-0.1, -0.05) is 97.9 Å². The summed E-state index contributed by atoms with van der Waals surface area (Å²) < 4.78 is 13.3. The molecule has 1 saturated heterocycles. The van der Waals surface area contributed by atoms with Gasteiger partial charge in [-0.25, -0.2) is 9.97 Å². The predicted molar refractivity (Wildman–Crippen MR) is 191 cm³/mol. The summed E-state index contributed by atoms with van der Waals surface area (Å²) in [5, 5.41) is 13.5. The second-order valence-corrected chi connectivity index (χ2v) is 13.0. The molecule has 0 bridgehead atoms. The minimum Gasteiger partial charge on any atom is -0.392 e. The van der Waals surface area contributed by atoms with Gasteiger partial charge in [-0.05, 0) is 52.1 Å². The number of thioether (sulfide) groups is 1. The van der Waals surface area contributed by atoms with E-state index in [0.717, 1.165) is 49.7 Å². The minimum atomic E-state index is -0.570. The largest absolute Gasteiger partial charge is 0.392 e. The van der Waals surface area contributed by atoms with Crippen LogP contribution in [0.5, 0.6) is 0 Å². The van der Waals surface area contributed by atoms with E-state index >= 15 is 0 Å². The Labute approximate surface area is 289 Å². The van der Waals surface area contributed by atoms with Crippen molar-refractivity contribution in [3.8, 4) is 11.1 Å². The van der Waals surface area contributed by atoms with Crippen LogP contribution in [0.15, 0.2) is 133 Å². The van der Waals surface area contributed by atoms with E-state index in [1.807, 2.05) is 97.1 Å². The monoisotopic (exact) mass is 668 g/mol. The fraction of sp³-hybridized carbons (Fsp3) is 0.200. The first-order valence-electron chi connectivity index (χ1n) is 16.3. The third-order valence-corrected chi connectivity index (χ3v) is 9.82. The zero-order valence-corrected chi connectivity index (χ0v) is 27.8. The maximum Gasteiger partial charge on any atom is 0.271 e. The molecular weight excluding hydrogens is 633 g/mol. The number of aliphatic hydroxyl groups is 1. The highest BCUT2D eigenvalue weighted by atomic mass is 32.2. The van der Waals surface area contributed by atoms with Crippen LogP contribution in [-0.2, 0) is 22.6 Å². The lowest BCUT2D eigenvalue weighted by Crippen LogP contribution is -2.38. The van der Waals surface area contributed by atoms with Crippen molar-refractivity contribution in [2.45, 2.75) is 43.6 Å². The highest BCUT2D eigenvalue weighted by Crippen LogP contribution is 2.43.